The van der Waals surface area contributed by atoms with Gasteiger partial charge in [0.1, 0.15) is 12.0 Å². The van der Waals surface area contributed by atoms with E-state index >= 15 is 0 Å². The van der Waals surface area contributed by atoms with Gasteiger partial charge in [0.2, 0.25) is 11.8 Å². The highest BCUT2D eigenvalue weighted by Gasteiger charge is 2.38. The lowest BCUT2D eigenvalue weighted by molar-refractivity contribution is -0.388. The van der Waals surface area contributed by atoms with Crippen molar-refractivity contribution in [1.29, 1.82) is 0 Å². The molecule has 2 amide bonds. The van der Waals surface area contributed by atoms with Gasteiger partial charge >= 0.3 is 6.18 Å². The van der Waals surface area contributed by atoms with E-state index in [0.717, 1.165) is 17.8 Å². The molecule has 2 aromatic rings. The van der Waals surface area contributed by atoms with E-state index in [9.17, 15) is 32.9 Å². The molecule has 2 saturated heterocycles. The fourth-order valence-electron chi connectivity index (χ4n) is 4.76. The van der Waals surface area contributed by atoms with Gasteiger partial charge in [-0.05, 0) is 43.2 Å². The first kappa shape index (κ1) is 30.0. The maximum Gasteiger partial charge on any atom is 0.423 e. The topological polar surface area (TPSA) is 99.0 Å². The zero-order chi connectivity index (χ0) is 27.4. The highest BCUT2D eigenvalue weighted by atomic mass is 35.5. The molecule has 0 aliphatic carbocycles. The summed E-state index contributed by atoms with van der Waals surface area (Å²) in [7, 11) is 0. The second-order valence-corrected chi connectivity index (χ2v) is 9.75. The van der Waals surface area contributed by atoms with Crippen LogP contribution in [0.4, 0.5) is 30.2 Å². The molecule has 0 unspecified atom stereocenters. The minimum absolute atomic E-state index is 0. The van der Waals surface area contributed by atoms with Crippen LogP contribution in [0.2, 0.25) is 5.02 Å². The Labute approximate surface area is 229 Å². The molecule has 0 aromatic heterocycles. The van der Waals surface area contributed by atoms with E-state index in [1.807, 2.05) is 18.2 Å². The summed E-state index contributed by atoms with van der Waals surface area (Å²) in [5.41, 5.74) is -1.20. The van der Waals surface area contributed by atoms with Crippen molar-refractivity contribution < 1.29 is 27.7 Å². The summed E-state index contributed by atoms with van der Waals surface area (Å²) in [6.07, 6.45) is -4.15. The number of nitro groups is 1. The maximum absolute atomic E-state index is 13.2. The van der Waals surface area contributed by atoms with Crippen LogP contribution < -0.4 is 10.2 Å². The Bertz CT molecular complexity index is 1200. The lowest BCUT2D eigenvalue weighted by atomic mass is 10.0. The molecule has 0 spiro atoms. The first-order valence-electron chi connectivity index (χ1n) is 12.2. The smallest absolute Gasteiger partial charge is 0.382 e. The lowest BCUT2D eigenvalue weighted by Gasteiger charge is -2.37. The van der Waals surface area contributed by atoms with Crippen molar-refractivity contribution in [1.82, 2.24) is 9.80 Å². The number of halogens is 4. The Morgan fingerprint density at radius 2 is 1.59 bits per heavy atom. The van der Waals surface area contributed by atoms with Gasteiger partial charge in [0.05, 0.1) is 4.92 Å². The standard InChI is InChI=1S/C25H27ClF3N5O4.CH4/c26-17-2-1-3-20(14-17)31-10-12-33(13-11-31)24(36)16-23(35)32-8-6-18(7-9-32)30-19-4-5-22(34(37)38)21(15-19)25(27,28)29;/h1-5,14-15,18,30H,6-13,16H2;1H4. The SMILES string of the molecule is C.O=C(CC(=O)N1CCN(c2cccc(Cl)c2)CC1)N1CCC(Nc2ccc([N+](=O)[O-])c(C(F)(F)F)c2)CC1. The van der Waals surface area contributed by atoms with Crippen LogP contribution in [0.5, 0.6) is 0 Å². The van der Waals surface area contributed by atoms with Gasteiger partial charge in [0.25, 0.3) is 5.69 Å². The molecule has 9 nitrogen and oxygen atoms in total. The van der Waals surface area contributed by atoms with Gasteiger partial charge in [-0.15, -0.1) is 0 Å². The monoisotopic (exact) mass is 569 g/mol. The summed E-state index contributed by atoms with van der Waals surface area (Å²) < 4.78 is 39.7. The zero-order valence-electron chi connectivity index (χ0n) is 20.4. The summed E-state index contributed by atoms with van der Waals surface area (Å²) in [4.78, 5) is 40.8. The van der Waals surface area contributed by atoms with E-state index in [0.29, 0.717) is 57.1 Å². The first-order valence-corrected chi connectivity index (χ1v) is 12.6. The van der Waals surface area contributed by atoms with Crippen molar-refractivity contribution in [2.24, 2.45) is 0 Å². The fraction of sp³-hybridized carbons (Fsp3) is 0.462. The average Bonchev–Trinajstić information content (AvgIpc) is 2.88. The third kappa shape index (κ3) is 7.53. The molecule has 1 N–H and O–H groups in total. The number of likely N-dealkylation sites (tertiary alicyclic amines) is 1. The second kappa shape index (κ2) is 12.5. The number of anilines is 2. The Morgan fingerprint density at radius 1 is 0.974 bits per heavy atom. The molecule has 0 radical (unpaired) electrons. The van der Waals surface area contributed by atoms with Crippen LogP contribution in [0.1, 0.15) is 32.3 Å². The predicted molar refractivity (Wildman–Crippen MR) is 143 cm³/mol. The maximum atomic E-state index is 13.2. The zero-order valence-corrected chi connectivity index (χ0v) is 21.2. The summed E-state index contributed by atoms with van der Waals surface area (Å²) >= 11 is 6.06. The normalized spacial score (nSPS) is 16.5. The molecule has 2 aliphatic rings. The molecule has 39 heavy (non-hydrogen) atoms. The number of carbonyl (C=O) groups excluding carboxylic acids is 2. The number of nitrogens with one attached hydrogen (secondary N) is 1. The fourth-order valence-corrected chi connectivity index (χ4v) is 4.95. The van der Waals surface area contributed by atoms with E-state index in [-0.39, 0.29) is 37.4 Å². The van der Waals surface area contributed by atoms with Crippen molar-refractivity contribution in [3.63, 3.8) is 0 Å². The van der Waals surface area contributed by atoms with Crippen LogP contribution in [0.25, 0.3) is 0 Å². The highest BCUT2D eigenvalue weighted by molar-refractivity contribution is 6.30. The molecule has 0 saturated carbocycles. The van der Waals surface area contributed by atoms with E-state index in [1.165, 1.54) is 6.07 Å². The van der Waals surface area contributed by atoms with Crippen LogP contribution in [-0.2, 0) is 15.8 Å². The molecule has 2 aliphatic heterocycles. The number of amides is 2. The number of nitro benzene ring substituents is 1. The molecule has 4 rings (SSSR count). The third-order valence-corrected chi connectivity index (χ3v) is 7.06. The summed E-state index contributed by atoms with van der Waals surface area (Å²) in [5.74, 6) is -0.507. The van der Waals surface area contributed by atoms with E-state index < -0.39 is 22.4 Å². The molecule has 2 aromatic carbocycles. The molecule has 212 valence electrons. The Balaban J connectivity index is 0.00000420. The van der Waals surface area contributed by atoms with Crippen LogP contribution in [-0.4, -0.2) is 71.8 Å². The molecular formula is C26H31ClF3N5O4. The summed E-state index contributed by atoms with van der Waals surface area (Å²) in [5, 5.41) is 14.6. The summed E-state index contributed by atoms with van der Waals surface area (Å²) in [6.45, 7) is 2.97. The number of piperazine rings is 1. The number of alkyl halides is 3. The molecule has 0 bridgehead atoms. The van der Waals surface area contributed by atoms with Crippen molar-refractivity contribution in [3.05, 3.63) is 63.2 Å². The van der Waals surface area contributed by atoms with Crippen molar-refractivity contribution in [2.45, 2.75) is 38.9 Å². The van der Waals surface area contributed by atoms with Crippen LogP contribution in [0.3, 0.4) is 0 Å². The largest absolute Gasteiger partial charge is 0.423 e. The third-order valence-electron chi connectivity index (χ3n) is 6.83. The van der Waals surface area contributed by atoms with Crippen molar-refractivity contribution in [2.75, 3.05) is 49.5 Å². The van der Waals surface area contributed by atoms with E-state index in [2.05, 4.69) is 10.2 Å². The molecule has 2 heterocycles. The van der Waals surface area contributed by atoms with Gasteiger partial charge in [-0.1, -0.05) is 25.1 Å². The Hall–Kier alpha value is -3.54. The number of hydrogen-bond donors (Lipinski definition) is 1. The Kier molecular flexibility index (Phi) is 9.65. The van der Waals surface area contributed by atoms with Gasteiger partial charge < -0.3 is 20.0 Å². The van der Waals surface area contributed by atoms with Crippen molar-refractivity contribution >= 4 is 40.5 Å². The van der Waals surface area contributed by atoms with E-state index in [1.54, 1.807) is 15.9 Å². The lowest BCUT2D eigenvalue weighted by Crippen LogP contribution is -2.50. The quantitative estimate of drug-likeness (QED) is 0.297. The second-order valence-electron chi connectivity index (χ2n) is 9.31. The minimum atomic E-state index is -4.86. The van der Waals surface area contributed by atoms with Crippen LogP contribution in [0.15, 0.2) is 42.5 Å². The number of carbonyl (C=O) groups is 2. The molecule has 2 fully saturated rings. The molecule has 13 heteroatoms. The highest BCUT2D eigenvalue weighted by Crippen LogP contribution is 2.38. The minimum Gasteiger partial charge on any atom is -0.382 e. The van der Waals surface area contributed by atoms with Gasteiger partial charge in [-0.3, -0.25) is 19.7 Å². The van der Waals surface area contributed by atoms with Crippen molar-refractivity contribution in [3.8, 4) is 0 Å². The number of benzene rings is 2. The summed E-state index contributed by atoms with van der Waals surface area (Å²) in [6, 6.07) is 10.1. The van der Waals surface area contributed by atoms with E-state index in [4.69, 9.17) is 11.6 Å². The number of piperidine rings is 1. The predicted octanol–water partition coefficient (Wildman–Crippen LogP) is 5.04. The first-order chi connectivity index (χ1) is 18.0. The molecule has 0 atom stereocenters. The van der Waals surface area contributed by atoms with Gasteiger partial charge in [-0.25, -0.2) is 0 Å². The van der Waals surface area contributed by atoms with Gasteiger partial charge in [-0.2, -0.15) is 13.2 Å². The van der Waals surface area contributed by atoms with Crippen LogP contribution >= 0.6 is 11.6 Å². The number of rotatable bonds is 6. The molecular weight excluding hydrogens is 539 g/mol. The average molecular weight is 570 g/mol. The number of nitrogens with zero attached hydrogens (tertiary/aromatic N) is 4. The number of hydrogen-bond acceptors (Lipinski definition) is 6. The Morgan fingerprint density at radius 3 is 2.15 bits per heavy atom. The van der Waals surface area contributed by atoms with Gasteiger partial charge in [0.15, 0.2) is 0 Å². The van der Waals surface area contributed by atoms with Crippen LogP contribution in [0, 0.1) is 10.1 Å². The van der Waals surface area contributed by atoms with Gasteiger partial charge in [0, 0.05) is 67.8 Å².